The molecule has 0 radical (unpaired) electrons. The first-order valence-corrected chi connectivity index (χ1v) is 8.14. The van der Waals surface area contributed by atoms with Gasteiger partial charge in [0.1, 0.15) is 0 Å². The van der Waals surface area contributed by atoms with Gasteiger partial charge in [0.15, 0.2) is 0 Å². The van der Waals surface area contributed by atoms with Crippen molar-refractivity contribution < 1.29 is 13.2 Å². The van der Waals surface area contributed by atoms with Crippen molar-refractivity contribution >= 4 is 27.3 Å². The van der Waals surface area contributed by atoms with Gasteiger partial charge in [-0.05, 0) is 24.6 Å². The highest BCUT2D eigenvalue weighted by Crippen LogP contribution is 2.43. The van der Waals surface area contributed by atoms with E-state index in [0.717, 1.165) is 0 Å². The summed E-state index contributed by atoms with van der Waals surface area (Å²) in [4.78, 5) is 0.119. The largest absolute Gasteiger partial charge is 0.398 e. The third kappa shape index (κ3) is 2.65. The number of hydrogen-bond acceptors (Lipinski definition) is 4. The van der Waals surface area contributed by atoms with Crippen molar-refractivity contribution in [2.45, 2.75) is 37.3 Å². The molecule has 1 aliphatic carbocycles. The number of halogens is 1. The zero-order valence-corrected chi connectivity index (χ0v) is 13.3. The number of sulfonamides is 1. The van der Waals surface area contributed by atoms with E-state index in [1.165, 1.54) is 18.2 Å². The van der Waals surface area contributed by atoms with E-state index in [1.54, 1.807) is 7.11 Å². The third-order valence-electron chi connectivity index (χ3n) is 4.04. The maximum atomic E-state index is 12.3. The Hall–Kier alpha value is -0.820. The number of rotatable bonds is 4. The van der Waals surface area contributed by atoms with Crippen molar-refractivity contribution in [1.82, 2.24) is 4.72 Å². The van der Waals surface area contributed by atoms with E-state index in [4.69, 9.17) is 22.1 Å². The van der Waals surface area contributed by atoms with Gasteiger partial charge in [0.25, 0.3) is 0 Å². The van der Waals surface area contributed by atoms with Gasteiger partial charge in [-0.2, -0.15) is 0 Å². The highest BCUT2D eigenvalue weighted by atomic mass is 35.5. The van der Waals surface area contributed by atoms with Gasteiger partial charge in [0.2, 0.25) is 10.0 Å². The average Bonchev–Trinajstić information content (AvgIpc) is 2.37. The quantitative estimate of drug-likeness (QED) is 0.832. The van der Waals surface area contributed by atoms with E-state index >= 15 is 0 Å². The summed E-state index contributed by atoms with van der Waals surface area (Å²) in [6.45, 7) is 3.96. The highest BCUT2D eigenvalue weighted by Gasteiger charge is 2.50. The maximum absolute atomic E-state index is 12.3. The molecule has 1 aromatic carbocycles. The van der Waals surface area contributed by atoms with Crippen LogP contribution in [0, 0.1) is 5.41 Å². The van der Waals surface area contributed by atoms with Crippen LogP contribution in [0.5, 0.6) is 0 Å². The van der Waals surface area contributed by atoms with Crippen molar-refractivity contribution in [2.75, 3.05) is 12.8 Å². The van der Waals surface area contributed by atoms with Crippen LogP contribution in [0.2, 0.25) is 5.02 Å². The molecule has 0 saturated heterocycles. The Labute approximate surface area is 124 Å². The first kappa shape index (κ1) is 15.6. The lowest BCUT2D eigenvalue weighted by atomic mass is 9.65. The van der Waals surface area contributed by atoms with Crippen LogP contribution in [-0.2, 0) is 14.8 Å². The zero-order chi connectivity index (χ0) is 15.1. The van der Waals surface area contributed by atoms with Crippen molar-refractivity contribution in [3.8, 4) is 0 Å². The molecule has 1 aliphatic rings. The summed E-state index contributed by atoms with van der Waals surface area (Å²) in [6.07, 6.45) is 0.719. The molecular weight excluding hydrogens is 300 g/mol. The van der Waals surface area contributed by atoms with Crippen LogP contribution < -0.4 is 10.5 Å². The summed E-state index contributed by atoms with van der Waals surface area (Å²) in [6, 6.07) is 4.14. The van der Waals surface area contributed by atoms with Crippen molar-refractivity contribution in [2.24, 2.45) is 5.41 Å². The molecule has 112 valence electrons. The molecule has 2 rings (SSSR count). The number of nitrogens with one attached hydrogen (secondary N) is 1. The lowest BCUT2D eigenvalue weighted by molar-refractivity contribution is -0.0908. The van der Waals surface area contributed by atoms with Gasteiger partial charge in [-0.25, -0.2) is 13.1 Å². The molecule has 1 saturated carbocycles. The van der Waals surface area contributed by atoms with E-state index in [2.05, 4.69) is 4.72 Å². The number of nitrogen functional groups attached to an aromatic ring is 1. The Bertz CT molecular complexity index is 616. The summed E-state index contributed by atoms with van der Waals surface area (Å²) in [7, 11) is -1.97. The van der Waals surface area contributed by atoms with Gasteiger partial charge in [-0.3, -0.25) is 0 Å². The van der Waals surface area contributed by atoms with Crippen molar-refractivity contribution in [1.29, 1.82) is 0 Å². The third-order valence-corrected chi connectivity index (χ3v) is 5.84. The molecule has 1 aromatic rings. The number of nitrogens with two attached hydrogens (primary N) is 1. The molecule has 2 atom stereocenters. The Morgan fingerprint density at radius 1 is 1.45 bits per heavy atom. The van der Waals surface area contributed by atoms with Crippen molar-refractivity contribution in [3.63, 3.8) is 0 Å². The maximum Gasteiger partial charge on any atom is 0.240 e. The molecule has 0 bridgehead atoms. The number of anilines is 1. The number of benzene rings is 1. The molecule has 3 N–H and O–H groups in total. The second-order valence-corrected chi connectivity index (χ2v) is 7.76. The second-order valence-electron chi connectivity index (χ2n) is 5.64. The van der Waals surface area contributed by atoms with Crippen LogP contribution in [-0.4, -0.2) is 27.7 Å². The lowest BCUT2D eigenvalue weighted by Crippen LogP contribution is -2.61. The van der Waals surface area contributed by atoms with Crippen LogP contribution >= 0.6 is 11.6 Å². The fourth-order valence-electron chi connectivity index (χ4n) is 2.42. The van der Waals surface area contributed by atoms with Gasteiger partial charge in [0.05, 0.1) is 21.7 Å². The summed E-state index contributed by atoms with van der Waals surface area (Å²) < 4.78 is 32.7. The Morgan fingerprint density at radius 3 is 2.60 bits per heavy atom. The van der Waals surface area contributed by atoms with Crippen LogP contribution in [0.4, 0.5) is 5.69 Å². The molecule has 0 amide bonds. The normalized spacial score (nSPS) is 25.2. The molecule has 7 heteroatoms. The SMILES string of the molecule is COC1CC(NS(=O)(=O)c2ccc(N)c(Cl)c2)C1(C)C. The van der Waals surface area contributed by atoms with Gasteiger partial charge in [-0.1, -0.05) is 25.4 Å². The summed E-state index contributed by atoms with van der Waals surface area (Å²) >= 11 is 5.87. The lowest BCUT2D eigenvalue weighted by Gasteiger charge is -2.50. The molecule has 0 heterocycles. The minimum absolute atomic E-state index is 0.0604. The summed E-state index contributed by atoms with van der Waals surface area (Å²) in [5, 5.41) is 0.232. The highest BCUT2D eigenvalue weighted by molar-refractivity contribution is 7.89. The second kappa shape index (κ2) is 5.18. The predicted molar refractivity (Wildman–Crippen MR) is 79.2 cm³/mol. The first-order valence-electron chi connectivity index (χ1n) is 6.28. The van der Waals surface area contributed by atoms with Crippen molar-refractivity contribution in [3.05, 3.63) is 23.2 Å². The minimum Gasteiger partial charge on any atom is -0.398 e. The van der Waals surface area contributed by atoms with Gasteiger partial charge in [-0.15, -0.1) is 0 Å². The van der Waals surface area contributed by atoms with E-state index in [9.17, 15) is 8.42 Å². The van der Waals surface area contributed by atoms with Crippen LogP contribution in [0.25, 0.3) is 0 Å². The van der Waals surface area contributed by atoms with Crippen LogP contribution in [0.15, 0.2) is 23.1 Å². The first-order chi connectivity index (χ1) is 9.18. The molecule has 1 fully saturated rings. The fourth-order valence-corrected chi connectivity index (χ4v) is 4.09. The molecule has 0 aromatic heterocycles. The molecule has 0 aliphatic heterocycles. The number of ether oxygens (including phenoxy) is 1. The molecule has 20 heavy (non-hydrogen) atoms. The van der Waals surface area contributed by atoms with E-state index in [1.807, 2.05) is 13.8 Å². The van der Waals surface area contributed by atoms with Gasteiger partial charge < -0.3 is 10.5 Å². The van der Waals surface area contributed by atoms with Gasteiger partial charge in [0, 0.05) is 18.6 Å². The van der Waals surface area contributed by atoms with E-state index in [-0.39, 0.29) is 27.5 Å². The number of methoxy groups -OCH3 is 1. The topological polar surface area (TPSA) is 81.4 Å². The smallest absolute Gasteiger partial charge is 0.240 e. The molecular formula is C13H19ClN2O3S. The zero-order valence-electron chi connectivity index (χ0n) is 11.7. The summed E-state index contributed by atoms with van der Waals surface area (Å²) in [5.41, 5.74) is 5.71. The molecule has 0 spiro atoms. The Balaban J connectivity index is 2.18. The molecule has 5 nitrogen and oxygen atoms in total. The number of hydrogen-bond donors (Lipinski definition) is 2. The minimum atomic E-state index is -3.61. The standard InChI is InChI=1S/C13H19ClN2O3S/c1-13(2)11(7-12(13)19-3)16-20(17,18)8-4-5-10(15)9(14)6-8/h4-6,11-12,16H,7,15H2,1-3H3. The monoisotopic (exact) mass is 318 g/mol. The van der Waals surface area contributed by atoms with Crippen LogP contribution in [0.1, 0.15) is 20.3 Å². The van der Waals surface area contributed by atoms with Gasteiger partial charge >= 0.3 is 0 Å². The van der Waals surface area contributed by atoms with E-state index < -0.39 is 10.0 Å². The Morgan fingerprint density at radius 2 is 2.10 bits per heavy atom. The summed E-state index contributed by atoms with van der Waals surface area (Å²) in [5.74, 6) is 0. The predicted octanol–water partition coefficient (Wildman–Crippen LogP) is 2.01. The van der Waals surface area contributed by atoms with Crippen LogP contribution in [0.3, 0.4) is 0 Å². The molecule has 2 unspecified atom stereocenters. The average molecular weight is 319 g/mol. The fraction of sp³-hybridized carbons (Fsp3) is 0.538. The van der Waals surface area contributed by atoms with E-state index in [0.29, 0.717) is 12.1 Å². The Kier molecular flexibility index (Phi) is 4.03.